The van der Waals surface area contributed by atoms with Crippen LogP contribution in [0.25, 0.3) is 55.6 Å². The summed E-state index contributed by atoms with van der Waals surface area (Å²) in [6.45, 7) is 2.00. The Balaban J connectivity index is 0.000000209. The summed E-state index contributed by atoms with van der Waals surface area (Å²) in [6, 6.07) is 40.6. The van der Waals surface area contributed by atoms with Gasteiger partial charge in [-0.25, -0.2) is 4.39 Å². The maximum atomic E-state index is 14.7. The van der Waals surface area contributed by atoms with Gasteiger partial charge in [-0.05, 0) is 47.6 Å². The number of nitrogens with zero attached hydrogens (tertiary/aromatic N) is 2. The number of fused-ring (bicyclic) bond motifs is 3. The van der Waals surface area contributed by atoms with Gasteiger partial charge in [0.05, 0.1) is 11.1 Å². The van der Waals surface area contributed by atoms with Crippen molar-refractivity contribution in [2.24, 2.45) is 0 Å². The third kappa shape index (κ3) is 5.48. The molecule has 0 saturated heterocycles. The van der Waals surface area contributed by atoms with E-state index in [0.717, 1.165) is 44.4 Å². The summed E-state index contributed by atoms with van der Waals surface area (Å²) in [5.74, 6) is -0.299. The summed E-state index contributed by atoms with van der Waals surface area (Å²) < 4.78 is 20.9. The average molecular weight is 699 g/mol. The van der Waals surface area contributed by atoms with Gasteiger partial charge >= 0.3 is 0 Å². The third-order valence-corrected chi connectivity index (χ3v) is 6.43. The number of hydrogen-bond donors (Lipinski definition) is 0. The Kier molecular flexibility index (Phi) is 8.25. The molecule has 3 aromatic heterocycles. The van der Waals surface area contributed by atoms with E-state index in [0.29, 0.717) is 16.7 Å². The van der Waals surface area contributed by atoms with E-state index < -0.39 is 0 Å². The molecule has 0 aliphatic rings. The molecule has 40 heavy (non-hydrogen) atoms. The fourth-order valence-corrected chi connectivity index (χ4v) is 4.54. The number of aromatic nitrogens is 2. The summed E-state index contributed by atoms with van der Waals surface area (Å²) in [6.07, 6.45) is 3.61. The van der Waals surface area contributed by atoms with Crippen LogP contribution in [0.3, 0.4) is 0 Å². The van der Waals surface area contributed by atoms with E-state index in [1.54, 1.807) is 12.3 Å². The normalized spacial score (nSPS) is 10.6. The first-order valence-corrected chi connectivity index (χ1v) is 12.6. The molecule has 1 radical (unpaired) electrons. The second-order valence-corrected chi connectivity index (χ2v) is 9.07. The summed E-state index contributed by atoms with van der Waals surface area (Å²) >= 11 is 0. The van der Waals surface area contributed by atoms with Crippen LogP contribution in [0.15, 0.2) is 126 Å². The van der Waals surface area contributed by atoms with Crippen molar-refractivity contribution in [2.75, 3.05) is 0 Å². The topological polar surface area (TPSA) is 38.9 Å². The van der Waals surface area contributed by atoms with E-state index in [-0.39, 0.29) is 25.9 Å². The Morgan fingerprint density at radius 2 is 1.48 bits per heavy atom. The molecule has 0 N–H and O–H groups in total. The minimum atomic E-state index is -0.299. The number of benzene rings is 4. The largest absolute Gasteiger partial charge is 0.500 e. The first kappa shape index (κ1) is 27.1. The standard InChI is InChI=1S/C24H15FNO.C11H8N.Ir/c1-15-10-13-21(26-14-15)19-9-5-8-17-18-11-12-20(25)22(24(18)27-23(17)19)16-6-3-2-4-7-16;1-2-6-10(7-3-1)11-8-4-5-9-12-11;/h2-8,10-14H,1H3;1-6,8-9H;/q2*-1;. The molecule has 0 unspecified atom stereocenters. The van der Waals surface area contributed by atoms with Crippen molar-refractivity contribution < 1.29 is 28.9 Å². The Labute approximate surface area is 245 Å². The molecule has 3 nitrogen and oxygen atoms in total. The van der Waals surface area contributed by atoms with E-state index >= 15 is 0 Å². The molecule has 0 fully saturated rings. The molecule has 4 aromatic carbocycles. The molecule has 3 heterocycles. The maximum Gasteiger partial charge on any atom is 0.134 e. The van der Waals surface area contributed by atoms with Crippen LogP contribution in [0.1, 0.15) is 5.56 Å². The third-order valence-electron chi connectivity index (χ3n) is 6.43. The molecular formula is C35H23FIrN2O-2. The van der Waals surface area contributed by atoms with Gasteiger partial charge in [-0.1, -0.05) is 65.5 Å². The van der Waals surface area contributed by atoms with Gasteiger partial charge in [0.15, 0.2) is 0 Å². The molecular weight excluding hydrogens is 676 g/mol. The van der Waals surface area contributed by atoms with Gasteiger partial charge in [-0.3, -0.25) is 0 Å². The molecule has 0 bridgehead atoms. The molecule has 7 aromatic rings. The number of halogens is 1. The number of furan rings is 1. The van der Waals surface area contributed by atoms with Gasteiger partial charge < -0.3 is 14.4 Å². The maximum absolute atomic E-state index is 14.7. The van der Waals surface area contributed by atoms with E-state index in [9.17, 15) is 4.39 Å². The van der Waals surface area contributed by atoms with Gasteiger partial charge in [0.25, 0.3) is 0 Å². The Morgan fingerprint density at radius 1 is 0.675 bits per heavy atom. The second kappa shape index (κ2) is 12.2. The molecule has 0 aliphatic carbocycles. The van der Waals surface area contributed by atoms with Gasteiger partial charge in [-0.15, -0.1) is 54.1 Å². The van der Waals surface area contributed by atoms with Crippen molar-refractivity contribution in [3.05, 3.63) is 145 Å². The van der Waals surface area contributed by atoms with Gasteiger partial charge in [0.2, 0.25) is 0 Å². The molecule has 0 aliphatic heterocycles. The smallest absolute Gasteiger partial charge is 0.134 e. The first-order chi connectivity index (χ1) is 19.2. The van der Waals surface area contributed by atoms with Crippen LogP contribution < -0.4 is 0 Å². The quantitative estimate of drug-likeness (QED) is 0.173. The summed E-state index contributed by atoms with van der Waals surface area (Å²) in [5.41, 5.74) is 7.15. The SMILES string of the molecule is Cc1ccc(-c2[c-]ccc3c2oc2c(-c4ccccc4)c(F)ccc23)nc1.[Ir].[c-]1ccccc1-c1ccccn1. The van der Waals surface area contributed by atoms with Crippen LogP contribution in [0.2, 0.25) is 0 Å². The molecule has 5 heteroatoms. The predicted octanol–water partition coefficient (Wildman–Crippen LogP) is 9.11. The fraction of sp³-hybridized carbons (Fsp3) is 0.0286. The monoisotopic (exact) mass is 699 g/mol. The second-order valence-electron chi connectivity index (χ2n) is 9.07. The number of aryl methyl sites for hydroxylation is 1. The van der Waals surface area contributed by atoms with Gasteiger partial charge in [0.1, 0.15) is 11.4 Å². The first-order valence-electron chi connectivity index (χ1n) is 12.6. The van der Waals surface area contributed by atoms with Crippen molar-refractivity contribution >= 4 is 21.9 Å². The molecule has 7 rings (SSSR count). The zero-order chi connectivity index (χ0) is 26.6. The molecule has 0 amide bonds. The van der Waals surface area contributed by atoms with E-state index in [4.69, 9.17) is 4.42 Å². The molecule has 0 saturated carbocycles. The zero-order valence-corrected chi connectivity index (χ0v) is 24.0. The van der Waals surface area contributed by atoms with Crippen molar-refractivity contribution in [1.82, 2.24) is 9.97 Å². The number of pyridine rings is 2. The summed E-state index contributed by atoms with van der Waals surface area (Å²) in [5, 5.41) is 1.81. The van der Waals surface area contributed by atoms with Crippen molar-refractivity contribution in [3.63, 3.8) is 0 Å². The minimum absolute atomic E-state index is 0. The Morgan fingerprint density at radius 3 is 2.20 bits per heavy atom. The van der Waals surface area contributed by atoms with E-state index in [2.05, 4.69) is 22.1 Å². The molecule has 0 spiro atoms. The fourth-order valence-electron chi connectivity index (χ4n) is 4.54. The minimum Gasteiger partial charge on any atom is -0.500 e. The van der Waals surface area contributed by atoms with Crippen LogP contribution in [0.4, 0.5) is 4.39 Å². The number of hydrogen-bond acceptors (Lipinski definition) is 3. The molecule has 197 valence electrons. The van der Waals surface area contributed by atoms with Crippen LogP contribution in [-0.2, 0) is 20.1 Å². The van der Waals surface area contributed by atoms with E-state index in [1.807, 2.05) is 110 Å². The average Bonchev–Trinajstić information content (AvgIpc) is 3.38. The Bertz CT molecular complexity index is 1820. The van der Waals surface area contributed by atoms with Gasteiger partial charge in [-0.2, -0.15) is 0 Å². The zero-order valence-electron chi connectivity index (χ0n) is 21.6. The predicted molar refractivity (Wildman–Crippen MR) is 154 cm³/mol. The van der Waals surface area contributed by atoms with Crippen LogP contribution in [0, 0.1) is 24.9 Å². The molecule has 0 atom stereocenters. The van der Waals surface area contributed by atoms with Crippen molar-refractivity contribution in [3.8, 4) is 33.6 Å². The van der Waals surface area contributed by atoms with E-state index in [1.165, 1.54) is 6.07 Å². The summed E-state index contributed by atoms with van der Waals surface area (Å²) in [7, 11) is 0. The van der Waals surface area contributed by atoms with Crippen LogP contribution in [0.5, 0.6) is 0 Å². The van der Waals surface area contributed by atoms with Crippen molar-refractivity contribution in [2.45, 2.75) is 6.92 Å². The van der Waals surface area contributed by atoms with Crippen molar-refractivity contribution in [1.29, 1.82) is 0 Å². The Hall–Kier alpha value is -4.44. The summed E-state index contributed by atoms with van der Waals surface area (Å²) in [4.78, 5) is 8.72. The van der Waals surface area contributed by atoms with Gasteiger partial charge in [0, 0.05) is 37.9 Å². The van der Waals surface area contributed by atoms with Crippen LogP contribution >= 0.6 is 0 Å². The van der Waals surface area contributed by atoms with Crippen LogP contribution in [-0.4, -0.2) is 9.97 Å². The number of rotatable bonds is 3.